The Morgan fingerprint density at radius 3 is 2.65 bits per heavy atom. The summed E-state index contributed by atoms with van der Waals surface area (Å²) in [4.78, 5) is 29.9. The minimum atomic E-state index is -0.604. The molecular formula is C23H20N2O5S. The molecule has 1 unspecified atom stereocenters. The number of nitrogens with zero attached hydrogens (tertiary/aromatic N) is 1. The van der Waals surface area contributed by atoms with Crippen molar-refractivity contribution in [2.24, 2.45) is 0 Å². The van der Waals surface area contributed by atoms with Gasteiger partial charge in [0, 0.05) is 11.1 Å². The smallest absolute Gasteiger partial charge is 0.341 e. The van der Waals surface area contributed by atoms with Gasteiger partial charge in [0.2, 0.25) is 0 Å². The molecule has 0 saturated heterocycles. The normalized spacial score (nSPS) is 14.5. The van der Waals surface area contributed by atoms with E-state index in [1.807, 2.05) is 54.6 Å². The number of carbonyl (C=O) groups excluding carboxylic acids is 2. The predicted molar refractivity (Wildman–Crippen MR) is 114 cm³/mol. The van der Waals surface area contributed by atoms with Gasteiger partial charge in [-0.2, -0.15) is 0 Å². The number of hydrogen-bond donors (Lipinski definition) is 1. The highest BCUT2D eigenvalue weighted by Gasteiger charge is 2.22. The van der Waals surface area contributed by atoms with Crippen LogP contribution in [0, 0.1) is 0 Å². The van der Waals surface area contributed by atoms with E-state index in [0.29, 0.717) is 28.7 Å². The summed E-state index contributed by atoms with van der Waals surface area (Å²) in [6, 6.07) is 20.2. The first-order chi connectivity index (χ1) is 15.2. The second-order valence-electron chi connectivity index (χ2n) is 6.65. The maximum atomic E-state index is 12.5. The number of aromatic nitrogens is 1. The second kappa shape index (κ2) is 9.99. The molecule has 7 nitrogen and oxygen atoms in total. The van der Waals surface area contributed by atoms with E-state index in [1.165, 1.54) is 11.8 Å². The molecule has 2 aromatic carbocycles. The number of para-hydroxylation sites is 2. The van der Waals surface area contributed by atoms with Gasteiger partial charge in [0.05, 0.1) is 12.1 Å². The molecule has 1 aliphatic rings. The fourth-order valence-corrected chi connectivity index (χ4v) is 3.77. The highest BCUT2D eigenvalue weighted by molar-refractivity contribution is 7.99. The number of fused-ring (bicyclic) bond motifs is 1. The van der Waals surface area contributed by atoms with E-state index in [-0.39, 0.29) is 12.6 Å². The standard InChI is InChI=1S/C23H20N2O5S/c26-21(25-13-16-14-28-19-10-4-5-11-20(19)30-16)15-29-23(27)18-9-6-12-24-22(18)31-17-7-2-1-3-8-17/h1-12,16H,13-15H2,(H,25,26). The molecule has 1 atom stereocenters. The van der Waals surface area contributed by atoms with Crippen LogP contribution in [0.3, 0.4) is 0 Å². The molecule has 0 aliphatic carbocycles. The molecule has 158 valence electrons. The van der Waals surface area contributed by atoms with E-state index in [1.54, 1.807) is 18.3 Å². The second-order valence-corrected chi connectivity index (χ2v) is 7.71. The van der Waals surface area contributed by atoms with Crippen LogP contribution in [0.25, 0.3) is 0 Å². The zero-order valence-electron chi connectivity index (χ0n) is 16.5. The molecule has 0 radical (unpaired) electrons. The zero-order chi connectivity index (χ0) is 21.5. The summed E-state index contributed by atoms with van der Waals surface area (Å²) in [5, 5.41) is 3.22. The average molecular weight is 436 g/mol. The molecule has 31 heavy (non-hydrogen) atoms. The van der Waals surface area contributed by atoms with E-state index in [2.05, 4.69) is 10.3 Å². The third-order valence-corrected chi connectivity index (χ3v) is 5.40. The number of ether oxygens (including phenoxy) is 3. The Labute approximate surface area is 183 Å². The van der Waals surface area contributed by atoms with E-state index in [9.17, 15) is 9.59 Å². The van der Waals surface area contributed by atoms with Gasteiger partial charge in [0.1, 0.15) is 17.7 Å². The first-order valence-electron chi connectivity index (χ1n) is 9.69. The molecule has 0 saturated carbocycles. The summed E-state index contributed by atoms with van der Waals surface area (Å²) in [5.41, 5.74) is 0.310. The lowest BCUT2D eigenvalue weighted by atomic mass is 10.2. The van der Waals surface area contributed by atoms with E-state index in [0.717, 1.165) is 4.90 Å². The van der Waals surface area contributed by atoms with Crippen molar-refractivity contribution in [3.8, 4) is 11.5 Å². The van der Waals surface area contributed by atoms with Gasteiger partial charge >= 0.3 is 5.97 Å². The number of rotatable bonds is 7. The van der Waals surface area contributed by atoms with Gasteiger partial charge in [-0.3, -0.25) is 4.79 Å². The van der Waals surface area contributed by atoms with E-state index in [4.69, 9.17) is 14.2 Å². The lowest BCUT2D eigenvalue weighted by Gasteiger charge is -2.26. The van der Waals surface area contributed by atoms with Crippen LogP contribution in [0.4, 0.5) is 0 Å². The molecule has 2 heterocycles. The maximum Gasteiger partial charge on any atom is 0.341 e. The Bertz CT molecular complexity index is 1060. The summed E-state index contributed by atoms with van der Waals surface area (Å²) in [5.74, 6) is 0.295. The minimum Gasteiger partial charge on any atom is -0.486 e. The number of nitrogens with one attached hydrogen (secondary N) is 1. The molecule has 1 amide bonds. The highest BCUT2D eigenvalue weighted by Crippen LogP contribution is 2.31. The minimum absolute atomic E-state index is 0.243. The van der Waals surface area contributed by atoms with Crippen molar-refractivity contribution in [3.63, 3.8) is 0 Å². The van der Waals surface area contributed by atoms with Crippen molar-refractivity contribution in [1.29, 1.82) is 0 Å². The highest BCUT2D eigenvalue weighted by atomic mass is 32.2. The number of benzene rings is 2. The van der Waals surface area contributed by atoms with Crippen LogP contribution in [0.2, 0.25) is 0 Å². The number of hydrogen-bond acceptors (Lipinski definition) is 7. The number of carbonyl (C=O) groups is 2. The Morgan fingerprint density at radius 2 is 1.81 bits per heavy atom. The summed E-state index contributed by atoms with van der Waals surface area (Å²) >= 11 is 1.36. The van der Waals surface area contributed by atoms with Crippen LogP contribution >= 0.6 is 11.8 Å². The van der Waals surface area contributed by atoms with Crippen LogP contribution in [-0.4, -0.2) is 42.7 Å². The monoisotopic (exact) mass is 436 g/mol. The van der Waals surface area contributed by atoms with Crippen molar-refractivity contribution in [3.05, 3.63) is 78.5 Å². The van der Waals surface area contributed by atoms with Gasteiger partial charge in [0.15, 0.2) is 18.1 Å². The van der Waals surface area contributed by atoms with Crippen molar-refractivity contribution >= 4 is 23.6 Å². The molecular weight excluding hydrogens is 416 g/mol. The van der Waals surface area contributed by atoms with Gasteiger partial charge in [0.25, 0.3) is 5.91 Å². The third kappa shape index (κ3) is 5.55. The third-order valence-electron chi connectivity index (χ3n) is 4.38. The first-order valence-corrected chi connectivity index (χ1v) is 10.5. The molecule has 0 bridgehead atoms. The van der Waals surface area contributed by atoms with Crippen LogP contribution in [-0.2, 0) is 9.53 Å². The summed E-state index contributed by atoms with van der Waals surface area (Å²) in [7, 11) is 0. The van der Waals surface area contributed by atoms with Gasteiger partial charge in [-0.15, -0.1) is 0 Å². The van der Waals surface area contributed by atoms with Crippen LogP contribution in [0.5, 0.6) is 11.5 Å². The Balaban J connectivity index is 1.27. The Morgan fingerprint density at radius 1 is 1.03 bits per heavy atom. The fraction of sp³-hybridized carbons (Fsp3) is 0.174. The summed E-state index contributed by atoms with van der Waals surface area (Å²) in [6.07, 6.45) is 1.29. The van der Waals surface area contributed by atoms with Crippen LogP contribution < -0.4 is 14.8 Å². The maximum absolute atomic E-state index is 12.5. The van der Waals surface area contributed by atoms with Crippen molar-refractivity contribution in [1.82, 2.24) is 10.3 Å². The van der Waals surface area contributed by atoms with E-state index >= 15 is 0 Å². The number of pyridine rings is 1. The fourth-order valence-electron chi connectivity index (χ4n) is 2.88. The van der Waals surface area contributed by atoms with Gasteiger partial charge in [-0.05, 0) is 36.4 Å². The van der Waals surface area contributed by atoms with Crippen molar-refractivity contribution < 1.29 is 23.8 Å². The topological polar surface area (TPSA) is 86.8 Å². The lowest BCUT2D eigenvalue weighted by Crippen LogP contribution is -2.42. The van der Waals surface area contributed by atoms with Gasteiger partial charge in [-0.25, -0.2) is 9.78 Å². The van der Waals surface area contributed by atoms with Crippen molar-refractivity contribution in [2.75, 3.05) is 19.8 Å². The van der Waals surface area contributed by atoms with Gasteiger partial charge < -0.3 is 19.5 Å². The number of amides is 1. The summed E-state index contributed by atoms with van der Waals surface area (Å²) < 4.78 is 16.6. The largest absolute Gasteiger partial charge is 0.486 e. The predicted octanol–water partition coefficient (Wildman–Crippen LogP) is 3.35. The lowest BCUT2D eigenvalue weighted by molar-refractivity contribution is -0.124. The van der Waals surface area contributed by atoms with Crippen molar-refractivity contribution in [2.45, 2.75) is 16.0 Å². The van der Waals surface area contributed by atoms with E-state index < -0.39 is 18.5 Å². The molecule has 4 rings (SSSR count). The first kappa shape index (κ1) is 20.7. The Hall–Kier alpha value is -3.52. The molecule has 0 spiro atoms. The average Bonchev–Trinajstić information content (AvgIpc) is 2.82. The SMILES string of the molecule is O=C(COC(=O)c1cccnc1Sc1ccccc1)NCC1COc2ccccc2O1. The molecule has 1 N–H and O–H groups in total. The molecule has 8 heteroatoms. The molecule has 1 aromatic heterocycles. The zero-order valence-corrected chi connectivity index (χ0v) is 17.3. The molecule has 0 fully saturated rings. The number of esters is 1. The summed E-state index contributed by atoms with van der Waals surface area (Å²) in [6.45, 7) is 0.174. The Kier molecular flexibility index (Phi) is 6.68. The molecule has 3 aromatic rings. The quantitative estimate of drug-likeness (QED) is 0.569. The van der Waals surface area contributed by atoms with Crippen LogP contribution in [0.15, 0.2) is 82.8 Å². The van der Waals surface area contributed by atoms with Gasteiger partial charge in [-0.1, -0.05) is 42.1 Å². The van der Waals surface area contributed by atoms with Crippen LogP contribution in [0.1, 0.15) is 10.4 Å². The molecule has 1 aliphatic heterocycles.